The van der Waals surface area contributed by atoms with Crippen LogP contribution in [0, 0.1) is 3.57 Å². The van der Waals surface area contributed by atoms with Crippen molar-refractivity contribution in [3.63, 3.8) is 0 Å². The van der Waals surface area contributed by atoms with Crippen LogP contribution in [-0.4, -0.2) is 0 Å². The number of alkyl halides is 3. The van der Waals surface area contributed by atoms with E-state index in [9.17, 15) is 13.2 Å². The van der Waals surface area contributed by atoms with Crippen molar-refractivity contribution >= 4 is 28.3 Å². The lowest BCUT2D eigenvalue weighted by molar-refractivity contribution is -0.137. The molecular formula is C14H11F3IN. The molecule has 0 heterocycles. The van der Waals surface area contributed by atoms with Gasteiger partial charge in [-0.05, 0) is 46.4 Å². The summed E-state index contributed by atoms with van der Waals surface area (Å²) in [6, 6.07) is 13.4. The molecule has 100 valence electrons. The second-order valence-corrected chi connectivity index (χ2v) is 5.19. The Hall–Kier alpha value is -1.24. The zero-order valence-electron chi connectivity index (χ0n) is 9.84. The molecule has 0 radical (unpaired) electrons. The third kappa shape index (κ3) is 3.86. The molecule has 19 heavy (non-hydrogen) atoms. The van der Waals surface area contributed by atoms with Gasteiger partial charge in [-0.3, -0.25) is 0 Å². The Labute approximate surface area is 123 Å². The van der Waals surface area contributed by atoms with Crippen molar-refractivity contribution in [2.45, 2.75) is 12.7 Å². The number of hydrogen-bond donors (Lipinski definition) is 1. The average molecular weight is 377 g/mol. The van der Waals surface area contributed by atoms with Crippen molar-refractivity contribution in [3.8, 4) is 0 Å². The summed E-state index contributed by atoms with van der Waals surface area (Å²) in [6.45, 7) is 0.586. The number of rotatable bonds is 3. The zero-order chi connectivity index (χ0) is 13.9. The van der Waals surface area contributed by atoms with Gasteiger partial charge in [0.25, 0.3) is 0 Å². The molecule has 0 atom stereocenters. The summed E-state index contributed by atoms with van der Waals surface area (Å²) in [4.78, 5) is 0. The first kappa shape index (κ1) is 14.2. The van der Waals surface area contributed by atoms with Crippen LogP contribution in [0.25, 0.3) is 0 Å². The third-order valence-corrected chi connectivity index (χ3v) is 3.51. The molecule has 1 nitrogen and oxygen atoms in total. The second kappa shape index (κ2) is 5.81. The van der Waals surface area contributed by atoms with E-state index in [0.29, 0.717) is 15.8 Å². The minimum Gasteiger partial charge on any atom is -0.380 e. The van der Waals surface area contributed by atoms with E-state index < -0.39 is 11.7 Å². The Balaban J connectivity index is 2.10. The molecule has 0 aliphatic rings. The number of hydrogen-bond acceptors (Lipinski definition) is 1. The molecule has 0 saturated carbocycles. The fraction of sp³-hybridized carbons (Fsp3) is 0.143. The van der Waals surface area contributed by atoms with E-state index in [4.69, 9.17) is 0 Å². The predicted molar refractivity (Wildman–Crippen MR) is 77.9 cm³/mol. The normalized spacial score (nSPS) is 11.4. The largest absolute Gasteiger partial charge is 0.416 e. The monoisotopic (exact) mass is 377 g/mol. The molecule has 2 rings (SSSR count). The topological polar surface area (TPSA) is 12.0 Å². The fourth-order valence-electron chi connectivity index (χ4n) is 1.63. The van der Waals surface area contributed by atoms with Crippen LogP contribution in [0.15, 0.2) is 48.5 Å². The van der Waals surface area contributed by atoms with Crippen LogP contribution in [-0.2, 0) is 12.7 Å². The maximum absolute atomic E-state index is 12.5. The summed E-state index contributed by atoms with van der Waals surface area (Å²) in [5.41, 5.74) is 1.16. The van der Waals surface area contributed by atoms with Gasteiger partial charge in [-0.25, -0.2) is 0 Å². The molecule has 2 aromatic rings. The molecular weight excluding hydrogens is 366 g/mol. The van der Waals surface area contributed by atoms with E-state index >= 15 is 0 Å². The zero-order valence-corrected chi connectivity index (χ0v) is 12.0. The van der Waals surface area contributed by atoms with Crippen molar-refractivity contribution < 1.29 is 13.2 Å². The quantitative estimate of drug-likeness (QED) is 0.749. The van der Waals surface area contributed by atoms with Gasteiger partial charge in [-0.2, -0.15) is 13.2 Å². The molecule has 0 aromatic heterocycles. The Morgan fingerprint density at radius 2 is 1.68 bits per heavy atom. The highest BCUT2D eigenvalue weighted by atomic mass is 127. The lowest BCUT2D eigenvalue weighted by atomic mass is 10.2. The maximum atomic E-state index is 12.5. The highest BCUT2D eigenvalue weighted by Gasteiger charge is 2.30. The second-order valence-electron chi connectivity index (χ2n) is 4.03. The summed E-state index contributed by atoms with van der Waals surface area (Å²) >= 11 is 1.91. The van der Waals surface area contributed by atoms with Crippen LogP contribution in [0.2, 0.25) is 0 Å². The van der Waals surface area contributed by atoms with Gasteiger partial charge in [0.15, 0.2) is 0 Å². The Morgan fingerprint density at radius 3 is 2.26 bits per heavy atom. The first-order valence-corrected chi connectivity index (χ1v) is 6.69. The summed E-state index contributed by atoms with van der Waals surface area (Å²) < 4.78 is 38.1. The van der Waals surface area contributed by atoms with E-state index in [-0.39, 0.29) is 0 Å². The van der Waals surface area contributed by atoms with Gasteiger partial charge in [-0.15, -0.1) is 0 Å². The molecule has 0 saturated heterocycles. The van der Waals surface area contributed by atoms with Crippen LogP contribution in [0.4, 0.5) is 18.9 Å². The van der Waals surface area contributed by atoms with Gasteiger partial charge < -0.3 is 5.32 Å². The number of nitrogens with one attached hydrogen (secondary N) is 1. The minimum absolute atomic E-state index is 0.559. The summed E-state index contributed by atoms with van der Waals surface area (Å²) in [5, 5.41) is 3.13. The van der Waals surface area contributed by atoms with Crippen LogP contribution in [0.3, 0.4) is 0 Å². The van der Waals surface area contributed by atoms with Crippen molar-refractivity contribution in [3.05, 3.63) is 63.2 Å². The molecule has 0 bridgehead atoms. The highest BCUT2D eigenvalue weighted by molar-refractivity contribution is 14.1. The molecule has 0 amide bonds. The smallest absolute Gasteiger partial charge is 0.380 e. The number of benzene rings is 2. The van der Waals surface area contributed by atoms with Crippen LogP contribution in [0.1, 0.15) is 11.1 Å². The number of anilines is 1. The molecule has 2 aromatic carbocycles. The average Bonchev–Trinajstić information content (AvgIpc) is 2.37. The predicted octanol–water partition coefficient (Wildman–Crippen LogP) is 4.92. The summed E-state index contributed by atoms with van der Waals surface area (Å²) in [7, 11) is 0. The molecule has 5 heteroatoms. The van der Waals surface area contributed by atoms with Gasteiger partial charge in [0, 0.05) is 15.8 Å². The van der Waals surface area contributed by atoms with Crippen LogP contribution in [0.5, 0.6) is 0 Å². The van der Waals surface area contributed by atoms with Crippen molar-refractivity contribution in [1.29, 1.82) is 0 Å². The highest BCUT2D eigenvalue weighted by Crippen LogP contribution is 2.32. The first-order valence-electron chi connectivity index (χ1n) is 5.61. The van der Waals surface area contributed by atoms with Gasteiger partial charge in [0.2, 0.25) is 0 Å². The van der Waals surface area contributed by atoms with E-state index in [1.807, 2.05) is 52.9 Å². The molecule has 0 spiro atoms. The molecule has 1 N–H and O–H groups in total. The van der Waals surface area contributed by atoms with E-state index in [1.165, 1.54) is 6.07 Å². The Bertz CT molecular complexity index is 552. The summed E-state index contributed by atoms with van der Waals surface area (Å²) in [5.74, 6) is 0. The molecule has 0 aliphatic carbocycles. The van der Waals surface area contributed by atoms with Gasteiger partial charge in [0.05, 0.1) is 5.56 Å². The van der Waals surface area contributed by atoms with Gasteiger partial charge in [0.1, 0.15) is 0 Å². The molecule has 0 fully saturated rings. The van der Waals surface area contributed by atoms with Crippen molar-refractivity contribution in [2.75, 3.05) is 5.32 Å². The first-order chi connectivity index (χ1) is 8.97. The van der Waals surface area contributed by atoms with Crippen molar-refractivity contribution in [1.82, 2.24) is 0 Å². The summed E-state index contributed by atoms with van der Waals surface area (Å²) in [6.07, 6.45) is -4.29. The van der Waals surface area contributed by atoms with Crippen LogP contribution >= 0.6 is 22.6 Å². The Kier molecular flexibility index (Phi) is 4.34. The Morgan fingerprint density at radius 1 is 1.00 bits per heavy atom. The SMILES string of the molecule is FC(F)(F)c1ccc(NCc2ccccc2)c(I)c1. The fourth-order valence-corrected chi connectivity index (χ4v) is 2.33. The maximum Gasteiger partial charge on any atom is 0.416 e. The van der Waals surface area contributed by atoms with Crippen molar-refractivity contribution in [2.24, 2.45) is 0 Å². The lowest BCUT2D eigenvalue weighted by Crippen LogP contribution is -2.07. The van der Waals surface area contributed by atoms with Gasteiger partial charge >= 0.3 is 6.18 Å². The lowest BCUT2D eigenvalue weighted by Gasteiger charge is -2.12. The standard InChI is InChI=1S/C14H11F3IN/c15-14(16,17)11-6-7-13(12(18)8-11)19-9-10-4-2-1-3-5-10/h1-8,19H,9H2. The molecule has 0 unspecified atom stereocenters. The molecule has 0 aliphatic heterocycles. The third-order valence-electron chi connectivity index (χ3n) is 2.62. The number of halogens is 4. The van der Waals surface area contributed by atoms with Crippen LogP contribution < -0.4 is 5.32 Å². The minimum atomic E-state index is -4.29. The van der Waals surface area contributed by atoms with Gasteiger partial charge in [-0.1, -0.05) is 30.3 Å². The van der Waals surface area contributed by atoms with E-state index in [2.05, 4.69) is 5.32 Å². The van der Waals surface area contributed by atoms with E-state index in [1.54, 1.807) is 0 Å². The van der Waals surface area contributed by atoms with E-state index in [0.717, 1.165) is 17.7 Å².